The fraction of sp³-hybridized carbons (Fsp3) is 0.269. The summed E-state index contributed by atoms with van der Waals surface area (Å²) in [4.78, 5) is 32.1. The van der Waals surface area contributed by atoms with Gasteiger partial charge in [0.15, 0.2) is 4.80 Å². The maximum atomic E-state index is 13.7. The highest BCUT2D eigenvalue weighted by atomic mass is 35.5. The van der Waals surface area contributed by atoms with Crippen LogP contribution in [0.2, 0.25) is 5.02 Å². The molecule has 0 spiro atoms. The number of fused-ring (bicyclic) bond motifs is 1. The minimum atomic E-state index is -0.667. The monoisotopic (exact) mass is 496 g/mol. The van der Waals surface area contributed by atoms with Crippen molar-refractivity contribution in [2.24, 2.45) is 4.99 Å². The van der Waals surface area contributed by atoms with Crippen molar-refractivity contribution in [3.8, 4) is 5.75 Å². The van der Waals surface area contributed by atoms with Gasteiger partial charge in [-0.3, -0.25) is 9.36 Å². The smallest absolute Gasteiger partial charge is 0.338 e. The van der Waals surface area contributed by atoms with E-state index in [0.717, 1.165) is 17.5 Å². The molecule has 176 valence electrons. The van der Waals surface area contributed by atoms with E-state index in [1.807, 2.05) is 49.4 Å². The number of ether oxygens (including phenoxy) is 2. The number of rotatable bonds is 7. The molecular formula is C26H25ClN2O4S. The first-order chi connectivity index (χ1) is 16.5. The molecule has 2 aromatic carbocycles. The molecule has 8 heteroatoms. The van der Waals surface area contributed by atoms with Crippen LogP contribution in [0, 0.1) is 0 Å². The summed E-state index contributed by atoms with van der Waals surface area (Å²) in [5.74, 6) is 0.174. The van der Waals surface area contributed by atoms with Crippen molar-refractivity contribution in [1.29, 1.82) is 0 Å². The van der Waals surface area contributed by atoms with Gasteiger partial charge in [0, 0.05) is 5.02 Å². The second kappa shape index (κ2) is 10.4. The number of esters is 1. The third-order valence-electron chi connectivity index (χ3n) is 5.47. The number of thiazole rings is 1. The van der Waals surface area contributed by atoms with Gasteiger partial charge in [-0.05, 0) is 54.8 Å². The Morgan fingerprint density at radius 2 is 1.97 bits per heavy atom. The number of halogens is 1. The highest BCUT2D eigenvalue weighted by Crippen LogP contribution is 2.33. The van der Waals surface area contributed by atoms with Gasteiger partial charge in [-0.15, -0.1) is 0 Å². The SMILES string of the molecule is CCCC1=C(C(=O)OCC)C(c2cccc(OC)c2)n2c(s/c(=C\c3ccc(Cl)cc3)c2=O)=N1. The molecule has 0 fully saturated rings. The quantitative estimate of drug-likeness (QED) is 0.459. The Balaban J connectivity index is 1.99. The Morgan fingerprint density at radius 3 is 2.65 bits per heavy atom. The molecule has 0 saturated heterocycles. The molecule has 0 radical (unpaired) electrons. The van der Waals surface area contributed by atoms with Crippen LogP contribution in [0.25, 0.3) is 6.08 Å². The minimum Gasteiger partial charge on any atom is -0.497 e. The number of allylic oxidation sites excluding steroid dienone is 1. The number of aromatic nitrogens is 1. The molecule has 0 N–H and O–H groups in total. The Kier molecular flexibility index (Phi) is 7.34. The van der Waals surface area contributed by atoms with Gasteiger partial charge in [-0.1, -0.05) is 60.5 Å². The third kappa shape index (κ3) is 4.72. The number of methoxy groups -OCH3 is 1. The number of hydrogen-bond acceptors (Lipinski definition) is 6. The standard InChI is InChI=1S/C26H25ClN2O4S/c1-4-7-20-22(25(31)33-5-2)23(17-8-6-9-19(15-17)32-3)29-24(30)21(34-26(29)28-20)14-16-10-12-18(27)13-11-16/h6,8-15,23H,4-5,7H2,1-3H3/b21-14-. The van der Waals surface area contributed by atoms with Gasteiger partial charge in [0.2, 0.25) is 0 Å². The average Bonchev–Trinajstić information content (AvgIpc) is 3.14. The van der Waals surface area contributed by atoms with E-state index in [0.29, 0.717) is 37.8 Å². The van der Waals surface area contributed by atoms with Crippen molar-refractivity contribution in [2.45, 2.75) is 32.7 Å². The summed E-state index contributed by atoms with van der Waals surface area (Å²) in [5.41, 5.74) is 2.43. The van der Waals surface area contributed by atoms with Crippen molar-refractivity contribution in [3.05, 3.63) is 95.6 Å². The summed E-state index contributed by atoms with van der Waals surface area (Å²) in [7, 11) is 1.58. The normalized spacial score (nSPS) is 15.6. The predicted octanol–water partition coefficient (Wildman–Crippen LogP) is 4.24. The molecule has 0 aliphatic carbocycles. The molecule has 1 unspecified atom stereocenters. The van der Waals surface area contributed by atoms with Crippen LogP contribution in [0.1, 0.15) is 43.9 Å². The highest BCUT2D eigenvalue weighted by molar-refractivity contribution is 7.07. The van der Waals surface area contributed by atoms with Crippen LogP contribution in [0.5, 0.6) is 5.75 Å². The van der Waals surface area contributed by atoms with E-state index in [-0.39, 0.29) is 12.2 Å². The maximum absolute atomic E-state index is 13.7. The van der Waals surface area contributed by atoms with Crippen LogP contribution in [0.4, 0.5) is 0 Å². The summed E-state index contributed by atoms with van der Waals surface area (Å²) in [5, 5.41) is 0.625. The first kappa shape index (κ1) is 24.0. The third-order valence-corrected chi connectivity index (χ3v) is 6.70. The topological polar surface area (TPSA) is 69.9 Å². The van der Waals surface area contributed by atoms with Gasteiger partial charge in [-0.25, -0.2) is 9.79 Å². The summed E-state index contributed by atoms with van der Waals surface area (Å²) >= 11 is 7.31. The van der Waals surface area contributed by atoms with Crippen LogP contribution in [-0.2, 0) is 9.53 Å². The lowest BCUT2D eigenvalue weighted by molar-refractivity contribution is -0.139. The molecule has 6 nitrogen and oxygen atoms in total. The summed E-state index contributed by atoms with van der Waals surface area (Å²) in [6.07, 6.45) is 3.21. The minimum absolute atomic E-state index is 0.219. The van der Waals surface area contributed by atoms with Gasteiger partial charge in [-0.2, -0.15) is 0 Å². The molecule has 1 aromatic heterocycles. The van der Waals surface area contributed by atoms with E-state index in [4.69, 9.17) is 26.1 Å². The summed E-state index contributed by atoms with van der Waals surface area (Å²) in [6.45, 7) is 4.02. The van der Waals surface area contributed by atoms with E-state index >= 15 is 0 Å². The Hall–Kier alpha value is -3.16. The Labute approximate surface area is 206 Å². The van der Waals surface area contributed by atoms with E-state index < -0.39 is 12.0 Å². The molecule has 1 atom stereocenters. The number of hydrogen-bond donors (Lipinski definition) is 0. The van der Waals surface area contributed by atoms with Gasteiger partial charge < -0.3 is 9.47 Å². The fourth-order valence-corrected chi connectivity index (χ4v) is 5.10. The molecular weight excluding hydrogens is 472 g/mol. The number of nitrogens with zero attached hydrogens (tertiary/aromatic N) is 2. The number of carbonyl (C=O) groups excluding carboxylic acids is 1. The molecule has 0 amide bonds. The lowest BCUT2D eigenvalue weighted by atomic mass is 9.94. The molecule has 0 saturated carbocycles. The maximum Gasteiger partial charge on any atom is 0.338 e. The molecule has 4 rings (SSSR count). The van der Waals surface area contributed by atoms with Crippen molar-refractivity contribution < 1.29 is 14.3 Å². The zero-order valence-electron chi connectivity index (χ0n) is 19.2. The van der Waals surface area contributed by atoms with Crippen molar-refractivity contribution in [1.82, 2.24) is 4.57 Å². The zero-order valence-corrected chi connectivity index (χ0v) is 20.8. The van der Waals surface area contributed by atoms with E-state index in [1.54, 1.807) is 30.7 Å². The second-order valence-electron chi connectivity index (χ2n) is 7.74. The van der Waals surface area contributed by atoms with Gasteiger partial charge >= 0.3 is 5.97 Å². The van der Waals surface area contributed by atoms with E-state index in [1.165, 1.54) is 11.3 Å². The molecule has 34 heavy (non-hydrogen) atoms. The van der Waals surface area contributed by atoms with Gasteiger partial charge in [0.1, 0.15) is 5.75 Å². The number of benzene rings is 2. The van der Waals surface area contributed by atoms with E-state index in [2.05, 4.69) is 0 Å². The first-order valence-electron chi connectivity index (χ1n) is 11.1. The lowest BCUT2D eigenvalue weighted by Gasteiger charge is -2.26. The molecule has 3 aromatic rings. The fourth-order valence-electron chi connectivity index (χ4n) is 3.96. The van der Waals surface area contributed by atoms with E-state index in [9.17, 15) is 9.59 Å². The van der Waals surface area contributed by atoms with Crippen LogP contribution in [0.15, 0.2) is 69.6 Å². The van der Waals surface area contributed by atoms with Crippen molar-refractivity contribution >= 4 is 35.0 Å². The Morgan fingerprint density at radius 1 is 1.21 bits per heavy atom. The predicted molar refractivity (Wildman–Crippen MR) is 134 cm³/mol. The van der Waals surface area contributed by atoms with Gasteiger partial charge in [0.05, 0.1) is 35.6 Å². The average molecular weight is 497 g/mol. The Bertz CT molecular complexity index is 1420. The van der Waals surface area contributed by atoms with Crippen molar-refractivity contribution in [2.75, 3.05) is 13.7 Å². The summed E-state index contributed by atoms with van der Waals surface area (Å²) < 4.78 is 12.9. The molecule has 1 aliphatic rings. The molecule has 1 aliphatic heterocycles. The highest BCUT2D eigenvalue weighted by Gasteiger charge is 2.34. The molecule has 0 bridgehead atoms. The number of carbonyl (C=O) groups is 1. The zero-order chi connectivity index (χ0) is 24.2. The van der Waals surface area contributed by atoms with Crippen LogP contribution < -0.4 is 19.6 Å². The second-order valence-corrected chi connectivity index (χ2v) is 9.19. The lowest BCUT2D eigenvalue weighted by Crippen LogP contribution is -2.40. The van der Waals surface area contributed by atoms with Crippen molar-refractivity contribution in [3.63, 3.8) is 0 Å². The van der Waals surface area contributed by atoms with Crippen LogP contribution in [-0.4, -0.2) is 24.3 Å². The van der Waals surface area contributed by atoms with Crippen LogP contribution in [0.3, 0.4) is 0 Å². The van der Waals surface area contributed by atoms with Crippen LogP contribution >= 0.6 is 22.9 Å². The summed E-state index contributed by atoms with van der Waals surface area (Å²) in [6, 6.07) is 14.0. The van der Waals surface area contributed by atoms with Gasteiger partial charge in [0.25, 0.3) is 5.56 Å². The molecule has 2 heterocycles. The first-order valence-corrected chi connectivity index (χ1v) is 12.3. The largest absolute Gasteiger partial charge is 0.497 e.